The summed E-state index contributed by atoms with van der Waals surface area (Å²) in [5, 5.41) is 0. The molecule has 4 nitrogen and oxygen atoms in total. The van der Waals surface area contributed by atoms with Gasteiger partial charge in [0.25, 0.3) is 0 Å². The molecule has 1 aromatic heterocycles. The second-order valence-electron chi connectivity index (χ2n) is 6.67. The Hall–Kier alpha value is -2.49. The van der Waals surface area contributed by atoms with Crippen LogP contribution in [0.25, 0.3) is 6.08 Å². The molecule has 2 aliphatic heterocycles. The number of hydrogen-bond acceptors (Lipinski definition) is 4. The van der Waals surface area contributed by atoms with Gasteiger partial charge in [-0.1, -0.05) is 0 Å². The lowest BCUT2D eigenvalue weighted by Gasteiger charge is -2.33. The standard InChI is InChI=1S/C19H18O4/c1-11-4-5-12(21-11)10-16-17(20)14-6-7-15-13(18(14)22-16)8-9-19(2,3)23-15/h4-7,10H,8-9H2,1-3H3/b16-10-. The Bertz CT molecular complexity index is 839. The van der Waals surface area contributed by atoms with Crippen molar-refractivity contribution >= 4 is 11.9 Å². The zero-order chi connectivity index (χ0) is 16.2. The highest BCUT2D eigenvalue weighted by molar-refractivity contribution is 6.14. The first-order chi connectivity index (χ1) is 10.9. The largest absolute Gasteiger partial charge is 0.487 e. The van der Waals surface area contributed by atoms with Gasteiger partial charge in [-0.25, -0.2) is 0 Å². The lowest BCUT2D eigenvalue weighted by molar-refractivity contribution is 0.0838. The van der Waals surface area contributed by atoms with Crippen molar-refractivity contribution in [2.45, 2.75) is 39.2 Å². The molecule has 4 heteroatoms. The molecule has 0 radical (unpaired) electrons. The zero-order valence-electron chi connectivity index (χ0n) is 13.4. The van der Waals surface area contributed by atoms with Crippen molar-refractivity contribution in [3.05, 3.63) is 52.7 Å². The number of fused-ring (bicyclic) bond motifs is 3. The first-order valence-electron chi connectivity index (χ1n) is 7.78. The molecule has 4 rings (SSSR count). The molecule has 0 N–H and O–H groups in total. The maximum Gasteiger partial charge on any atom is 0.232 e. The molecular weight excluding hydrogens is 292 g/mol. The fourth-order valence-corrected chi connectivity index (χ4v) is 3.06. The van der Waals surface area contributed by atoms with E-state index in [2.05, 4.69) is 13.8 Å². The Morgan fingerprint density at radius 2 is 2.00 bits per heavy atom. The zero-order valence-corrected chi connectivity index (χ0v) is 13.4. The van der Waals surface area contributed by atoms with E-state index < -0.39 is 0 Å². The van der Waals surface area contributed by atoms with E-state index in [1.807, 2.05) is 25.1 Å². The summed E-state index contributed by atoms with van der Waals surface area (Å²) in [5.74, 6) is 3.05. The van der Waals surface area contributed by atoms with Crippen LogP contribution < -0.4 is 9.47 Å². The van der Waals surface area contributed by atoms with Crippen LogP contribution in [0.1, 0.15) is 47.7 Å². The lowest BCUT2D eigenvalue weighted by Crippen LogP contribution is -2.32. The number of ether oxygens (including phenoxy) is 2. The molecule has 2 aliphatic rings. The molecule has 23 heavy (non-hydrogen) atoms. The predicted molar refractivity (Wildman–Crippen MR) is 85.9 cm³/mol. The van der Waals surface area contributed by atoms with Crippen molar-refractivity contribution < 1.29 is 18.7 Å². The fourth-order valence-electron chi connectivity index (χ4n) is 3.06. The van der Waals surface area contributed by atoms with Gasteiger partial charge < -0.3 is 13.9 Å². The Labute approximate surface area is 134 Å². The smallest absolute Gasteiger partial charge is 0.232 e. The van der Waals surface area contributed by atoms with Gasteiger partial charge in [-0.15, -0.1) is 0 Å². The molecule has 118 valence electrons. The fraction of sp³-hybridized carbons (Fsp3) is 0.316. The molecule has 0 aliphatic carbocycles. The minimum absolute atomic E-state index is 0.110. The molecule has 0 bridgehead atoms. The molecule has 1 aromatic carbocycles. The molecule has 0 amide bonds. The average Bonchev–Trinajstić information content (AvgIpc) is 3.03. The monoisotopic (exact) mass is 310 g/mol. The maximum atomic E-state index is 12.5. The third-order valence-corrected chi connectivity index (χ3v) is 4.30. The summed E-state index contributed by atoms with van der Waals surface area (Å²) in [6, 6.07) is 7.34. The van der Waals surface area contributed by atoms with Gasteiger partial charge in [0, 0.05) is 11.6 Å². The van der Waals surface area contributed by atoms with E-state index in [0.717, 1.165) is 29.9 Å². The SMILES string of the molecule is Cc1ccc(/C=C2\Oc3c(ccc4c3CCC(C)(C)O4)C2=O)o1. The summed E-state index contributed by atoms with van der Waals surface area (Å²) in [4.78, 5) is 12.5. The highest BCUT2D eigenvalue weighted by atomic mass is 16.5. The third kappa shape index (κ3) is 2.34. The predicted octanol–water partition coefficient (Wildman–Crippen LogP) is 4.31. The number of benzene rings is 1. The first-order valence-corrected chi connectivity index (χ1v) is 7.78. The molecule has 0 saturated carbocycles. The minimum atomic E-state index is -0.186. The van der Waals surface area contributed by atoms with Gasteiger partial charge in [0.15, 0.2) is 5.76 Å². The highest BCUT2D eigenvalue weighted by Gasteiger charge is 2.35. The molecule has 0 atom stereocenters. The summed E-state index contributed by atoms with van der Waals surface area (Å²) in [5.41, 5.74) is 1.39. The summed E-state index contributed by atoms with van der Waals surface area (Å²) in [7, 11) is 0. The second kappa shape index (κ2) is 4.75. The van der Waals surface area contributed by atoms with E-state index >= 15 is 0 Å². The van der Waals surface area contributed by atoms with Gasteiger partial charge in [-0.3, -0.25) is 4.79 Å². The van der Waals surface area contributed by atoms with Crippen molar-refractivity contribution in [2.24, 2.45) is 0 Å². The number of allylic oxidation sites excluding steroid dienone is 1. The number of rotatable bonds is 1. The van der Waals surface area contributed by atoms with Crippen LogP contribution in [0.3, 0.4) is 0 Å². The Morgan fingerprint density at radius 1 is 1.17 bits per heavy atom. The lowest BCUT2D eigenvalue weighted by atomic mass is 9.92. The molecule has 3 heterocycles. The molecule has 2 aromatic rings. The number of Topliss-reactive ketones (excluding diaryl/α,β-unsaturated/α-hetero) is 1. The van der Waals surface area contributed by atoms with Crippen LogP contribution in [0.15, 0.2) is 34.4 Å². The summed E-state index contributed by atoms with van der Waals surface area (Å²) < 4.78 is 17.4. The number of carbonyl (C=O) groups is 1. The number of furan rings is 1. The third-order valence-electron chi connectivity index (χ3n) is 4.30. The minimum Gasteiger partial charge on any atom is -0.487 e. The Balaban J connectivity index is 1.73. The molecule has 0 fully saturated rings. The second-order valence-corrected chi connectivity index (χ2v) is 6.67. The van der Waals surface area contributed by atoms with Gasteiger partial charge in [-0.2, -0.15) is 0 Å². The number of ketones is 1. The number of aryl methyl sites for hydroxylation is 1. The topological polar surface area (TPSA) is 48.7 Å². The quantitative estimate of drug-likeness (QED) is 0.737. The summed E-state index contributed by atoms with van der Waals surface area (Å²) >= 11 is 0. The van der Waals surface area contributed by atoms with Gasteiger partial charge in [-0.05, 0) is 57.9 Å². The molecular formula is C19H18O4. The van der Waals surface area contributed by atoms with Crippen LogP contribution in [-0.4, -0.2) is 11.4 Å². The molecule has 0 spiro atoms. The van der Waals surface area contributed by atoms with E-state index in [9.17, 15) is 4.79 Å². The van der Waals surface area contributed by atoms with Crippen molar-refractivity contribution in [3.8, 4) is 11.5 Å². The van der Waals surface area contributed by atoms with Crippen molar-refractivity contribution in [1.82, 2.24) is 0 Å². The van der Waals surface area contributed by atoms with Gasteiger partial charge in [0.2, 0.25) is 5.78 Å². The Kier molecular flexibility index (Phi) is 2.92. The van der Waals surface area contributed by atoms with Crippen LogP contribution in [0.5, 0.6) is 11.5 Å². The van der Waals surface area contributed by atoms with E-state index in [0.29, 0.717) is 22.8 Å². The van der Waals surface area contributed by atoms with Crippen LogP contribution in [0, 0.1) is 6.92 Å². The van der Waals surface area contributed by atoms with Gasteiger partial charge in [0.05, 0.1) is 5.56 Å². The average molecular weight is 310 g/mol. The van der Waals surface area contributed by atoms with E-state index in [1.165, 1.54) is 0 Å². The first kappa shape index (κ1) is 14.1. The Morgan fingerprint density at radius 3 is 2.74 bits per heavy atom. The van der Waals surface area contributed by atoms with Crippen molar-refractivity contribution in [2.75, 3.05) is 0 Å². The van der Waals surface area contributed by atoms with Crippen molar-refractivity contribution in [1.29, 1.82) is 0 Å². The summed E-state index contributed by atoms with van der Waals surface area (Å²) in [6.07, 6.45) is 3.38. The van der Waals surface area contributed by atoms with Crippen LogP contribution in [0.4, 0.5) is 0 Å². The normalized spacial score (nSPS) is 20.0. The summed E-state index contributed by atoms with van der Waals surface area (Å²) in [6.45, 7) is 6.00. The van der Waals surface area contributed by atoms with Crippen LogP contribution in [-0.2, 0) is 6.42 Å². The van der Waals surface area contributed by atoms with Gasteiger partial charge >= 0.3 is 0 Å². The maximum absolute atomic E-state index is 12.5. The van der Waals surface area contributed by atoms with Crippen molar-refractivity contribution in [3.63, 3.8) is 0 Å². The van der Waals surface area contributed by atoms with Gasteiger partial charge in [0.1, 0.15) is 28.6 Å². The van der Waals surface area contributed by atoms with E-state index in [4.69, 9.17) is 13.9 Å². The molecule has 0 unspecified atom stereocenters. The van der Waals surface area contributed by atoms with E-state index in [-0.39, 0.29) is 11.4 Å². The number of hydrogen-bond donors (Lipinski definition) is 0. The number of carbonyl (C=O) groups excluding carboxylic acids is 1. The van der Waals surface area contributed by atoms with E-state index in [1.54, 1.807) is 12.1 Å². The highest BCUT2D eigenvalue weighted by Crippen LogP contribution is 2.44. The van der Waals surface area contributed by atoms with Crippen LogP contribution in [0.2, 0.25) is 0 Å². The van der Waals surface area contributed by atoms with Crippen LogP contribution >= 0.6 is 0 Å². The molecule has 0 saturated heterocycles.